The second-order valence-corrected chi connectivity index (χ2v) is 3.19. The number of allylic oxidation sites excluding steroid dienone is 2. The van der Waals surface area contributed by atoms with Gasteiger partial charge in [-0.05, 0) is 25.7 Å². The fourth-order valence-electron chi connectivity index (χ4n) is 1.13. The van der Waals surface area contributed by atoms with Crippen molar-refractivity contribution in [2.24, 2.45) is 5.92 Å². The summed E-state index contributed by atoms with van der Waals surface area (Å²) in [6, 6.07) is 0. The van der Waals surface area contributed by atoms with E-state index in [0.717, 1.165) is 18.4 Å². The molecule has 0 aromatic rings. The van der Waals surface area contributed by atoms with E-state index in [1.807, 2.05) is 13.0 Å². The van der Waals surface area contributed by atoms with Crippen LogP contribution in [0.3, 0.4) is 0 Å². The first-order valence-electron chi connectivity index (χ1n) is 4.45. The van der Waals surface area contributed by atoms with Gasteiger partial charge < -0.3 is 4.74 Å². The zero-order chi connectivity index (χ0) is 10.3. The molecule has 0 N–H and O–H groups in total. The number of esters is 1. The van der Waals surface area contributed by atoms with Crippen LogP contribution in [0.1, 0.15) is 26.2 Å². The number of carbonyl (C=O) groups excluding carboxylic acids is 1. The summed E-state index contributed by atoms with van der Waals surface area (Å²) in [6.07, 6.45) is 4.12. The number of hydrogen-bond acceptors (Lipinski definition) is 2. The third-order valence-corrected chi connectivity index (χ3v) is 2.06. The number of ether oxygens (including phenoxy) is 1. The Morgan fingerprint density at radius 2 is 2.23 bits per heavy atom. The summed E-state index contributed by atoms with van der Waals surface area (Å²) in [6.45, 7) is 9.44. The van der Waals surface area contributed by atoms with Crippen LogP contribution in [0.2, 0.25) is 0 Å². The molecule has 1 unspecified atom stereocenters. The van der Waals surface area contributed by atoms with Crippen molar-refractivity contribution in [3.8, 4) is 0 Å². The fourth-order valence-corrected chi connectivity index (χ4v) is 1.13. The fraction of sp³-hybridized carbons (Fsp3) is 0.545. The first-order valence-corrected chi connectivity index (χ1v) is 4.45. The van der Waals surface area contributed by atoms with Gasteiger partial charge in [-0.25, -0.2) is 0 Å². The van der Waals surface area contributed by atoms with Gasteiger partial charge in [0.1, 0.15) is 0 Å². The van der Waals surface area contributed by atoms with E-state index in [0.29, 0.717) is 6.42 Å². The predicted molar refractivity (Wildman–Crippen MR) is 54.4 cm³/mol. The molecule has 0 heterocycles. The molecule has 0 amide bonds. The predicted octanol–water partition coefficient (Wildman–Crippen LogP) is 2.71. The summed E-state index contributed by atoms with van der Waals surface area (Å²) in [5.41, 5.74) is 1.03. The Bertz CT molecular complexity index is 194. The maximum Gasteiger partial charge on any atom is 0.306 e. The number of methoxy groups -OCH3 is 1. The third kappa shape index (κ3) is 5.23. The van der Waals surface area contributed by atoms with Gasteiger partial charge in [0.15, 0.2) is 0 Å². The maximum atomic E-state index is 11.0. The Hall–Kier alpha value is -1.05. The summed E-state index contributed by atoms with van der Waals surface area (Å²) in [7, 11) is 1.41. The summed E-state index contributed by atoms with van der Waals surface area (Å²) in [5.74, 6) is 0.0579. The van der Waals surface area contributed by atoms with Crippen molar-refractivity contribution >= 4 is 5.97 Å². The van der Waals surface area contributed by atoms with Crippen molar-refractivity contribution in [2.75, 3.05) is 7.11 Å². The van der Waals surface area contributed by atoms with Crippen LogP contribution in [-0.2, 0) is 9.53 Å². The Labute approximate surface area is 80.3 Å². The molecule has 2 nitrogen and oxygen atoms in total. The van der Waals surface area contributed by atoms with Gasteiger partial charge in [0.2, 0.25) is 0 Å². The van der Waals surface area contributed by atoms with Gasteiger partial charge in [-0.2, -0.15) is 0 Å². The lowest BCUT2D eigenvalue weighted by Crippen LogP contribution is -2.10. The molecule has 0 saturated carbocycles. The van der Waals surface area contributed by atoms with Gasteiger partial charge in [0, 0.05) is 0 Å². The zero-order valence-corrected chi connectivity index (χ0v) is 8.51. The van der Waals surface area contributed by atoms with Crippen molar-refractivity contribution in [1.82, 2.24) is 0 Å². The van der Waals surface area contributed by atoms with E-state index in [4.69, 9.17) is 0 Å². The summed E-state index contributed by atoms with van der Waals surface area (Å²) in [4.78, 5) is 11.0. The van der Waals surface area contributed by atoms with Crippen LogP contribution in [0.4, 0.5) is 0 Å². The van der Waals surface area contributed by atoms with Gasteiger partial charge in [-0.1, -0.05) is 18.2 Å². The van der Waals surface area contributed by atoms with E-state index in [1.165, 1.54) is 7.11 Å². The number of hydrogen-bond donors (Lipinski definition) is 0. The van der Waals surface area contributed by atoms with Crippen molar-refractivity contribution in [1.29, 1.82) is 0 Å². The Balaban J connectivity index is 4.01. The largest absolute Gasteiger partial charge is 0.469 e. The molecule has 0 rings (SSSR count). The van der Waals surface area contributed by atoms with Crippen molar-refractivity contribution in [2.45, 2.75) is 26.2 Å². The quantitative estimate of drug-likeness (QED) is 0.466. The minimum Gasteiger partial charge on any atom is -0.469 e. The monoisotopic (exact) mass is 182 g/mol. The highest BCUT2D eigenvalue weighted by molar-refractivity contribution is 5.69. The average molecular weight is 182 g/mol. The summed E-state index contributed by atoms with van der Waals surface area (Å²) in [5, 5.41) is 0. The van der Waals surface area contributed by atoms with Gasteiger partial charge in [0.25, 0.3) is 0 Å². The van der Waals surface area contributed by atoms with Gasteiger partial charge in [0.05, 0.1) is 13.5 Å². The number of rotatable bonds is 6. The molecule has 74 valence electrons. The summed E-state index contributed by atoms with van der Waals surface area (Å²) < 4.78 is 4.60. The van der Waals surface area contributed by atoms with E-state index < -0.39 is 0 Å². The Kier molecular flexibility index (Phi) is 5.94. The first-order chi connectivity index (χ1) is 6.11. The van der Waals surface area contributed by atoms with Gasteiger partial charge in [-0.3, -0.25) is 4.79 Å². The standard InChI is InChI=1S/C11H18O2/c1-5-6-7-10(9(2)3)8-11(12)13-4/h5,10H,1-2,6-8H2,3-4H3. The van der Waals surface area contributed by atoms with Crippen LogP contribution in [-0.4, -0.2) is 13.1 Å². The third-order valence-electron chi connectivity index (χ3n) is 2.06. The second kappa shape index (κ2) is 6.46. The molecular weight excluding hydrogens is 164 g/mol. The number of carbonyl (C=O) groups is 1. The molecule has 0 aromatic heterocycles. The van der Waals surface area contributed by atoms with Crippen LogP contribution < -0.4 is 0 Å². The molecule has 0 aliphatic carbocycles. The minimum atomic E-state index is -0.169. The highest BCUT2D eigenvalue weighted by Crippen LogP contribution is 2.19. The lowest BCUT2D eigenvalue weighted by Gasteiger charge is -2.14. The molecule has 1 atom stereocenters. The topological polar surface area (TPSA) is 26.3 Å². The molecule has 2 heteroatoms. The lowest BCUT2D eigenvalue weighted by atomic mass is 9.93. The molecule has 0 aliphatic heterocycles. The van der Waals surface area contributed by atoms with E-state index in [9.17, 15) is 4.79 Å². The van der Waals surface area contributed by atoms with Crippen molar-refractivity contribution in [3.63, 3.8) is 0 Å². The van der Waals surface area contributed by atoms with Crippen LogP contribution >= 0.6 is 0 Å². The van der Waals surface area contributed by atoms with E-state index in [1.54, 1.807) is 0 Å². The zero-order valence-electron chi connectivity index (χ0n) is 8.51. The highest BCUT2D eigenvalue weighted by atomic mass is 16.5. The SMILES string of the molecule is C=CCCC(CC(=O)OC)C(=C)C. The van der Waals surface area contributed by atoms with Crippen molar-refractivity contribution in [3.05, 3.63) is 24.8 Å². The Morgan fingerprint density at radius 3 is 2.62 bits per heavy atom. The van der Waals surface area contributed by atoms with Crippen molar-refractivity contribution < 1.29 is 9.53 Å². The summed E-state index contributed by atoms with van der Waals surface area (Å²) >= 11 is 0. The molecule has 0 aliphatic rings. The first kappa shape index (κ1) is 11.9. The molecule has 13 heavy (non-hydrogen) atoms. The average Bonchev–Trinajstić information content (AvgIpc) is 2.11. The van der Waals surface area contributed by atoms with Crippen LogP contribution in [0.5, 0.6) is 0 Å². The van der Waals surface area contributed by atoms with Crippen LogP contribution in [0, 0.1) is 5.92 Å². The minimum absolute atomic E-state index is 0.169. The maximum absolute atomic E-state index is 11.0. The normalized spacial score (nSPS) is 11.8. The molecule has 0 aromatic carbocycles. The molecule has 0 radical (unpaired) electrons. The van der Waals surface area contributed by atoms with Crippen LogP contribution in [0.25, 0.3) is 0 Å². The Morgan fingerprint density at radius 1 is 1.62 bits per heavy atom. The smallest absolute Gasteiger partial charge is 0.306 e. The van der Waals surface area contributed by atoms with Gasteiger partial charge in [-0.15, -0.1) is 6.58 Å². The molecular formula is C11H18O2. The highest BCUT2D eigenvalue weighted by Gasteiger charge is 2.13. The molecule has 0 bridgehead atoms. The lowest BCUT2D eigenvalue weighted by molar-refractivity contribution is -0.141. The van der Waals surface area contributed by atoms with Crippen LogP contribution in [0.15, 0.2) is 24.8 Å². The van der Waals surface area contributed by atoms with E-state index in [2.05, 4.69) is 17.9 Å². The van der Waals surface area contributed by atoms with Gasteiger partial charge >= 0.3 is 5.97 Å². The second-order valence-electron chi connectivity index (χ2n) is 3.19. The van der Waals surface area contributed by atoms with E-state index >= 15 is 0 Å². The molecule has 0 saturated heterocycles. The van der Waals surface area contributed by atoms with E-state index in [-0.39, 0.29) is 11.9 Å². The molecule has 0 fully saturated rings. The molecule has 0 spiro atoms.